The maximum absolute atomic E-state index is 12.6. The third-order valence-electron chi connectivity index (χ3n) is 4.80. The SMILES string of the molecule is CC[C@H](C)N(Cc1ccc(OS(=O)(=O)c2c(C)cccc2Cl)cc1)C(=O)C(C)C. The van der Waals surface area contributed by atoms with Crippen LogP contribution in [-0.4, -0.2) is 25.3 Å². The smallest absolute Gasteiger partial charge is 0.340 e. The Morgan fingerprint density at radius 3 is 2.24 bits per heavy atom. The quantitative estimate of drug-likeness (QED) is 0.532. The number of hydrogen-bond acceptors (Lipinski definition) is 4. The lowest BCUT2D eigenvalue weighted by Crippen LogP contribution is -2.40. The summed E-state index contributed by atoms with van der Waals surface area (Å²) in [4.78, 5) is 14.4. The van der Waals surface area contributed by atoms with Crippen LogP contribution in [0, 0.1) is 12.8 Å². The first-order valence-electron chi connectivity index (χ1n) is 9.65. The first-order chi connectivity index (χ1) is 13.6. The molecule has 1 amide bonds. The predicted molar refractivity (Wildman–Crippen MR) is 116 cm³/mol. The number of aryl methyl sites for hydroxylation is 1. The number of rotatable bonds is 8. The Balaban J connectivity index is 2.20. The molecule has 0 unspecified atom stereocenters. The summed E-state index contributed by atoms with van der Waals surface area (Å²) >= 11 is 6.06. The second-order valence-electron chi connectivity index (χ2n) is 7.45. The van der Waals surface area contributed by atoms with E-state index in [1.807, 2.05) is 32.6 Å². The van der Waals surface area contributed by atoms with Crippen molar-refractivity contribution in [1.82, 2.24) is 4.90 Å². The number of benzene rings is 2. The van der Waals surface area contributed by atoms with Crippen LogP contribution < -0.4 is 4.18 Å². The molecule has 0 spiro atoms. The molecule has 29 heavy (non-hydrogen) atoms. The van der Waals surface area contributed by atoms with Crippen molar-refractivity contribution in [2.45, 2.75) is 58.5 Å². The van der Waals surface area contributed by atoms with Crippen molar-refractivity contribution in [3.8, 4) is 5.75 Å². The van der Waals surface area contributed by atoms with Gasteiger partial charge in [0.15, 0.2) is 0 Å². The van der Waals surface area contributed by atoms with E-state index < -0.39 is 10.1 Å². The van der Waals surface area contributed by atoms with Crippen molar-refractivity contribution in [2.75, 3.05) is 0 Å². The third-order valence-corrected chi connectivity index (χ3v) is 6.68. The summed E-state index contributed by atoms with van der Waals surface area (Å²) in [6, 6.07) is 11.7. The van der Waals surface area contributed by atoms with Crippen LogP contribution in [0.1, 0.15) is 45.2 Å². The van der Waals surface area contributed by atoms with Crippen molar-refractivity contribution in [3.63, 3.8) is 0 Å². The van der Waals surface area contributed by atoms with E-state index in [0.29, 0.717) is 12.1 Å². The molecule has 0 N–H and O–H groups in total. The highest BCUT2D eigenvalue weighted by Gasteiger charge is 2.24. The van der Waals surface area contributed by atoms with Crippen LogP contribution in [0.3, 0.4) is 0 Å². The molecule has 0 saturated heterocycles. The van der Waals surface area contributed by atoms with Crippen molar-refractivity contribution in [3.05, 3.63) is 58.6 Å². The monoisotopic (exact) mass is 437 g/mol. The minimum absolute atomic E-state index is 0.0313. The fourth-order valence-corrected chi connectivity index (χ4v) is 4.67. The van der Waals surface area contributed by atoms with E-state index in [9.17, 15) is 13.2 Å². The van der Waals surface area contributed by atoms with Crippen LogP contribution in [0.15, 0.2) is 47.4 Å². The molecule has 158 valence electrons. The second kappa shape index (κ2) is 9.63. The Kier molecular flexibility index (Phi) is 7.72. The highest BCUT2D eigenvalue weighted by atomic mass is 35.5. The van der Waals surface area contributed by atoms with E-state index >= 15 is 0 Å². The molecule has 2 aromatic rings. The molecule has 2 aromatic carbocycles. The molecule has 5 nitrogen and oxygen atoms in total. The van der Waals surface area contributed by atoms with E-state index in [-0.39, 0.29) is 33.5 Å². The van der Waals surface area contributed by atoms with Gasteiger partial charge in [0.05, 0.1) is 5.02 Å². The van der Waals surface area contributed by atoms with E-state index in [0.717, 1.165) is 12.0 Å². The van der Waals surface area contributed by atoms with Gasteiger partial charge in [-0.3, -0.25) is 4.79 Å². The van der Waals surface area contributed by atoms with Gasteiger partial charge in [0.25, 0.3) is 0 Å². The predicted octanol–water partition coefficient (Wildman–Crippen LogP) is 5.20. The molecular weight excluding hydrogens is 410 g/mol. The Hall–Kier alpha value is -2.05. The lowest BCUT2D eigenvalue weighted by atomic mass is 10.1. The number of carbonyl (C=O) groups excluding carboxylic acids is 1. The van der Waals surface area contributed by atoms with E-state index in [2.05, 4.69) is 0 Å². The van der Waals surface area contributed by atoms with Gasteiger partial charge in [-0.1, -0.05) is 56.6 Å². The number of carbonyl (C=O) groups is 1. The lowest BCUT2D eigenvalue weighted by Gasteiger charge is -2.30. The molecule has 7 heteroatoms. The molecule has 0 radical (unpaired) electrons. The Morgan fingerprint density at radius 2 is 1.72 bits per heavy atom. The topological polar surface area (TPSA) is 63.7 Å². The zero-order chi connectivity index (χ0) is 21.8. The number of nitrogens with zero attached hydrogens (tertiary/aromatic N) is 1. The summed E-state index contributed by atoms with van der Waals surface area (Å²) < 4.78 is 30.5. The molecule has 0 aliphatic heterocycles. The van der Waals surface area contributed by atoms with Gasteiger partial charge in [0, 0.05) is 18.5 Å². The van der Waals surface area contributed by atoms with Gasteiger partial charge < -0.3 is 9.08 Å². The van der Waals surface area contributed by atoms with E-state index in [1.54, 1.807) is 43.3 Å². The van der Waals surface area contributed by atoms with Crippen LogP contribution in [0.4, 0.5) is 0 Å². The van der Waals surface area contributed by atoms with Crippen molar-refractivity contribution < 1.29 is 17.4 Å². The summed E-state index contributed by atoms with van der Waals surface area (Å²) in [5, 5.41) is 0.123. The molecular formula is C22H28ClNO4S. The summed E-state index contributed by atoms with van der Waals surface area (Å²) in [5.74, 6) is 0.199. The van der Waals surface area contributed by atoms with Crippen LogP contribution >= 0.6 is 11.6 Å². The molecule has 2 rings (SSSR count). The molecule has 0 aliphatic carbocycles. The first kappa shape index (κ1) is 23.2. The average Bonchev–Trinajstić information content (AvgIpc) is 2.65. The molecule has 0 bridgehead atoms. The molecule has 0 heterocycles. The highest BCUT2D eigenvalue weighted by molar-refractivity contribution is 7.87. The Morgan fingerprint density at radius 1 is 1.10 bits per heavy atom. The van der Waals surface area contributed by atoms with Gasteiger partial charge in [-0.25, -0.2) is 0 Å². The van der Waals surface area contributed by atoms with Gasteiger partial charge in [-0.05, 0) is 49.6 Å². The Bertz CT molecular complexity index is 935. The van der Waals surface area contributed by atoms with Crippen LogP contribution in [0.2, 0.25) is 5.02 Å². The molecule has 0 fully saturated rings. The third kappa shape index (κ3) is 5.73. The zero-order valence-electron chi connectivity index (χ0n) is 17.5. The van der Waals surface area contributed by atoms with Crippen molar-refractivity contribution in [1.29, 1.82) is 0 Å². The normalized spacial score (nSPS) is 12.7. The van der Waals surface area contributed by atoms with Gasteiger partial charge in [0.1, 0.15) is 10.6 Å². The number of halogens is 1. The van der Waals surface area contributed by atoms with E-state index in [1.165, 1.54) is 6.07 Å². The summed E-state index contributed by atoms with van der Waals surface area (Å²) in [6.45, 7) is 9.97. The highest BCUT2D eigenvalue weighted by Crippen LogP contribution is 2.28. The lowest BCUT2D eigenvalue weighted by molar-refractivity contribution is -0.137. The summed E-state index contributed by atoms with van der Waals surface area (Å²) in [6.07, 6.45) is 0.856. The molecule has 0 saturated carbocycles. The van der Waals surface area contributed by atoms with Gasteiger partial charge in [-0.2, -0.15) is 8.42 Å². The fraction of sp³-hybridized carbons (Fsp3) is 0.409. The molecule has 0 aromatic heterocycles. The fourth-order valence-electron chi connectivity index (χ4n) is 2.95. The maximum atomic E-state index is 12.6. The van der Waals surface area contributed by atoms with Crippen LogP contribution in [0.25, 0.3) is 0 Å². The van der Waals surface area contributed by atoms with Gasteiger partial charge in [-0.15, -0.1) is 0 Å². The second-order valence-corrected chi connectivity index (χ2v) is 9.34. The van der Waals surface area contributed by atoms with Crippen LogP contribution in [0.5, 0.6) is 5.75 Å². The minimum Gasteiger partial charge on any atom is -0.379 e. The minimum atomic E-state index is -4.05. The van der Waals surface area contributed by atoms with Crippen molar-refractivity contribution in [2.24, 2.45) is 5.92 Å². The number of amides is 1. The van der Waals surface area contributed by atoms with E-state index in [4.69, 9.17) is 15.8 Å². The largest absolute Gasteiger partial charge is 0.379 e. The zero-order valence-corrected chi connectivity index (χ0v) is 19.0. The average molecular weight is 438 g/mol. The Labute approximate surface area is 178 Å². The van der Waals surface area contributed by atoms with Gasteiger partial charge in [0.2, 0.25) is 5.91 Å². The molecule has 0 aliphatic rings. The molecule has 1 atom stereocenters. The maximum Gasteiger partial charge on any atom is 0.340 e. The first-order valence-corrected chi connectivity index (χ1v) is 11.4. The summed E-state index contributed by atoms with van der Waals surface area (Å²) in [7, 11) is -4.05. The van der Waals surface area contributed by atoms with Crippen molar-refractivity contribution >= 4 is 27.6 Å². The number of hydrogen-bond donors (Lipinski definition) is 0. The van der Waals surface area contributed by atoms with Crippen LogP contribution in [-0.2, 0) is 21.5 Å². The van der Waals surface area contributed by atoms with Gasteiger partial charge >= 0.3 is 10.1 Å². The standard InChI is InChI=1S/C22H28ClNO4S/c1-6-17(5)24(22(25)15(2)3)14-18-10-12-19(13-11-18)28-29(26,27)21-16(4)8-7-9-20(21)23/h7-13,15,17H,6,14H2,1-5H3/t17-/m0/s1. The summed E-state index contributed by atoms with van der Waals surface area (Å²) in [5.41, 5.74) is 1.42.